The molecule has 0 heterocycles. The third kappa shape index (κ3) is 1.43. The standard InChI is InChI=1S/C20H26O2/c1-19-7-6-16-14(15(19)2-3-18(19)22)10-12-4-8-20(16)9-5-13(21)11-17(12)20/h11-12,14-16H,2-10H2,1H3/t12-,14+,15+,16+,19+,20-/m1/s1. The summed E-state index contributed by atoms with van der Waals surface area (Å²) in [5, 5.41) is 0. The minimum absolute atomic E-state index is 0.0110. The van der Waals surface area contributed by atoms with Crippen molar-refractivity contribution in [3.63, 3.8) is 0 Å². The fourth-order valence-electron chi connectivity index (χ4n) is 7.49. The van der Waals surface area contributed by atoms with Crippen molar-refractivity contribution in [1.29, 1.82) is 0 Å². The molecule has 0 spiro atoms. The van der Waals surface area contributed by atoms with Gasteiger partial charge in [-0.05, 0) is 80.1 Å². The second-order valence-electron chi connectivity index (χ2n) is 8.99. The van der Waals surface area contributed by atoms with Gasteiger partial charge in [-0.1, -0.05) is 12.5 Å². The third-order valence-corrected chi connectivity index (χ3v) is 8.50. The van der Waals surface area contributed by atoms with Gasteiger partial charge in [-0.2, -0.15) is 0 Å². The van der Waals surface area contributed by atoms with E-state index in [-0.39, 0.29) is 5.41 Å². The normalized spacial score (nSPS) is 52.9. The summed E-state index contributed by atoms with van der Waals surface area (Å²) in [5.74, 6) is 3.71. The fourth-order valence-corrected chi connectivity index (χ4v) is 7.49. The number of hydrogen-bond donors (Lipinski definition) is 0. The van der Waals surface area contributed by atoms with Gasteiger partial charge < -0.3 is 0 Å². The van der Waals surface area contributed by atoms with Crippen LogP contribution in [0.25, 0.3) is 0 Å². The van der Waals surface area contributed by atoms with E-state index in [4.69, 9.17) is 0 Å². The number of Topliss-reactive ketones (excluding diaryl/α,β-unsaturated/α-hetero) is 1. The van der Waals surface area contributed by atoms with Crippen LogP contribution in [0, 0.1) is 34.5 Å². The van der Waals surface area contributed by atoms with E-state index in [1.807, 2.05) is 6.08 Å². The predicted molar refractivity (Wildman–Crippen MR) is 84.2 cm³/mol. The van der Waals surface area contributed by atoms with Crippen molar-refractivity contribution in [2.24, 2.45) is 34.5 Å². The van der Waals surface area contributed by atoms with Crippen LogP contribution in [0.1, 0.15) is 64.7 Å². The number of hydrogen-bond acceptors (Lipinski definition) is 2. The van der Waals surface area contributed by atoms with Crippen molar-refractivity contribution < 1.29 is 9.59 Å². The van der Waals surface area contributed by atoms with Gasteiger partial charge in [0.15, 0.2) is 5.78 Å². The molecule has 2 bridgehead atoms. The molecule has 0 saturated heterocycles. The van der Waals surface area contributed by atoms with E-state index in [0.717, 1.165) is 43.9 Å². The Balaban J connectivity index is 1.58. The Bertz CT molecular complexity index is 603. The number of fused-ring (bicyclic) bond motifs is 3. The fraction of sp³-hybridized carbons (Fsp3) is 0.800. The first-order valence-corrected chi connectivity index (χ1v) is 9.33. The maximum atomic E-state index is 12.5. The summed E-state index contributed by atoms with van der Waals surface area (Å²) in [6, 6.07) is 0. The Hall–Kier alpha value is -0.920. The molecule has 4 saturated carbocycles. The summed E-state index contributed by atoms with van der Waals surface area (Å²) in [5.41, 5.74) is 1.88. The maximum absolute atomic E-state index is 12.5. The van der Waals surface area contributed by atoms with Crippen LogP contribution in [-0.4, -0.2) is 11.6 Å². The number of rotatable bonds is 0. The summed E-state index contributed by atoms with van der Waals surface area (Å²) >= 11 is 0. The van der Waals surface area contributed by atoms with Crippen LogP contribution in [0.2, 0.25) is 0 Å². The summed E-state index contributed by atoms with van der Waals surface area (Å²) in [6.07, 6.45) is 12.1. The van der Waals surface area contributed by atoms with Gasteiger partial charge >= 0.3 is 0 Å². The quantitative estimate of drug-likeness (QED) is 0.675. The number of carbonyl (C=O) groups is 2. The molecule has 0 amide bonds. The topological polar surface area (TPSA) is 34.1 Å². The largest absolute Gasteiger partial charge is 0.299 e. The first-order chi connectivity index (χ1) is 10.5. The second kappa shape index (κ2) is 4.13. The Morgan fingerprint density at radius 2 is 1.86 bits per heavy atom. The monoisotopic (exact) mass is 298 g/mol. The minimum Gasteiger partial charge on any atom is -0.299 e. The Labute approximate surface area is 132 Å². The average molecular weight is 298 g/mol. The van der Waals surface area contributed by atoms with E-state index in [0.29, 0.717) is 28.8 Å². The van der Waals surface area contributed by atoms with Gasteiger partial charge in [-0.3, -0.25) is 9.59 Å². The molecule has 0 unspecified atom stereocenters. The second-order valence-corrected chi connectivity index (χ2v) is 8.99. The van der Waals surface area contributed by atoms with E-state index >= 15 is 0 Å². The van der Waals surface area contributed by atoms with E-state index in [1.165, 1.54) is 31.3 Å². The van der Waals surface area contributed by atoms with Crippen molar-refractivity contribution in [2.75, 3.05) is 0 Å². The van der Waals surface area contributed by atoms with Crippen LogP contribution >= 0.6 is 0 Å². The molecular formula is C20H26O2. The smallest absolute Gasteiger partial charge is 0.155 e. The Morgan fingerprint density at radius 1 is 1.00 bits per heavy atom. The van der Waals surface area contributed by atoms with E-state index in [9.17, 15) is 9.59 Å². The van der Waals surface area contributed by atoms with E-state index < -0.39 is 0 Å². The van der Waals surface area contributed by atoms with Crippen LogP contribution in [0.3, 0.4) is 0 Å². The molecule has 0 aromatic rings. The molecule has 5 aliphatic rings. The lowest BCUT2D eigenvalue weighted by atomic mass is 9.47. The molecule has 5 rings (SSSR count). The number of allylic oxidation sites excluding steroid dienone is 1. The summed E-state index contributed by atoms with van der Waals surface area (Å²) in [7, 11) is 0. The van der Waals surface area contributed by atoms with Gasteiger partial charge in [0.1, 0.15) is 5.78 Å². The molecule has 22 heavy (non-hydrogen) atoms. The van der Waals surface area contributed by atoms with E-state index in [2.05, 4.69) is 6.92 Å². The highest BCUT2D eigenvalue weighted by molar-refractivity contribution is 5.92. The van der Waals surface area contributed by atoms with Crippen LogP contribution in [0.4, 0.5) is 0 Å². The number of carbonyl (C=O) groups excluding carboxylic acids is 2. The highest BCUT2D eigenvalue weighted by Crippen LogP contribution is 2.70. The molecule has 2 heteroatoms. The van der Waals surface area contributed by atoms with Gasteiger partial charge in [0.05, 0.1) is 0 Å². The number of ketones is 2. The molecule has 0 aliphatic heterocycles. The van der Waals surface area contributed by atoms with Crippen molar-refractivity contribution in [1.82, 2.24) is 0 Å². The summed E-state index contributed by atoms with van der Waals surface area (Å²) in [6.45, 7) is 2.26. The molecule has 0 N–H and O–H groups in total. The van der Waals surface area contributed by atoms with Crippen LogP contribution in [0.5, 0.6) is 0 Å². The SMILES string of the molecule is C[C@]12CC[C@H]3[C@@H](C[C@H]4CC[C@@]35CCC(=O)C=C45)[C@@H]1CCC2=O. The maximum Gasteiger partial charge on any atom is 0.155 e. The lowest BCUT2D eigenvalue weighted by Gasteiger charge is -2.56. The van der Waals surface area contributed by atoms with Crippen molar-refractivity contribution in [2.45, 2.75) is 64.7 Å². The zero-order chi connectivity index (χ0) is 15.1. The minimum atomic E-state index is -0.0110. The molecule has 0 radical (unpaired) electrons. The van der Waals surface area contributed by atoms with E-state index in [1.54, 1.807) is 0 Å². The van der Waals surface area contributed by atoms with Crippen LogP contribution < -0.4 is 0 Å². The molecule has 5 aliphatic carbocycles. The molecule has 6 atom stereocenters. The molecular weight excluding hydrogens is 272 g/mol. The summed E-state index contributed by atoms with van der Waals surface area (Å²) < 4.78 is 0. The first-order valence-electron chi connectivity index (χ1n) is 9.33. The van der Waals surface area contributed by atoms with Crippen molar-refractivity contribution in [3.05, 3.63) is 11.6 Å². The zero-order valence-corrected chi connectivity index (χ0v) is 13.6. The molecule has 4 fully saturated rings. The van der Waals surface area contributed by atoms with Gasteiger partial charge in [-0.15, -0.1) is 0 Å². The third-order valence-electron chi connectivity index (χ3n) is 8.50. The molecule has 0 aromatic heterocycles. The highest BCUT2D eigenvalue weighted by Gasteiger charge is 2.63. The average Bonchev–Trinajstić information content (AvgIpc) is 2.94. The van der Waals surface area contributed by atoms with Gasteiger partial charge in [0.2, 0.25) is 0 Å². The van der Waals surface area contributed by atoms with Crippen molar-refractivity contribution in [3.8, 4) is 0 Å². The molecule has 2 nitrogen and oxygen atoms in total. The lowest BCUT2D eigenvalue weighted by molar-refractivity contribution is -0.132. The Kier molecular flexibility index (Phi) is 2.54. The van der Waals surface area contributed by atoms with Crippen LogP contribution in [0.15, 0.2) is 11.6 Å². The highest BCUT2D eigenvalue weighted by atomic mass is 16.1. The lowest BCUT2D eigenvalue weighted by Crippen LogP contribution is -2.51. The van der Waals surface area contributed by atoms with Gasteiger partial charge in [0.25, 0.3) is 0 Å². The summed E-state index contributed by atoms with van der Waals surface area (Å²) in [4.78, 5) is 24.4. The van der Waals surface area contributed by atoms with Crippen LogP contribution in [-0.2, 0) is 9.59 Å². The first kappa shape index (κ1) is 13.5. The molecule has 0 aromatic carbocycles. The van der Waals surface area contributed by atoms with Gasteiger partial charge in [0, 0.05) is 18.3 Å². The predicted octanol–water partition coefficient (Wildman–Crippen LogP) is 4.09. The van der Waals surface area contributed by atoms with Gasteiger partial charge in [-0.25, -0.2) is 0 Å². The Morgan fingerprint density at radius 3 is 2.73 bits per heavy atom. The zero-order valence-electron chi connectivity index (χ0n) is 13.6. The molecule has 118 valence electrons. The van der Waals surface area contributed by atoms with Crippen molar-refractivity contribution >= 4 is 11.6 Å².